The number of alkyl halides is 1. The molecule has 0 aromatic carbocycles. The Morgan fingerprint density at radius 1 is 0.678 bits per heavy atom. The summed E-state index contributed by atoms with van der Waals surface area (Å²) in [7, 11) is -5.24. The van der Waals surface area contributed by atoms with Crippen LogP contribution in [0.15, 0.2) is 43.7 Å². The number of ether oxygens (including phenoxy) is 4. The Labute approximate surface area is 534 Å². The standard InChI is InChI=1S/C24H40N4O8P2.C15H32N3OP.C15H23N2O7P.C3H7I/c1-8-34-38(7,31)18-14-17(18)20-21(36-37(33-13-9-11-25)28(15(2)3)16(4)5)22(32-6)23(35-20)27-12-10-19(29)26-24(27)30;1-12(2)17(13(3)4)20(19-11-9-10-16)18(14(5)6)15(7)8;1-4-23-25(3,21)9-7-8(9)12-11(19)13(22-2)14(24-12)17-6-5-10(18)16-15(17)20;1-2-3-4/h10,12,15-18,20-23H,8-9,13-14H2,1-7H3,(H,26,29,30);12-15H,9,11H2,1-8H3;5-6,8-9,11-14,19H,4,7H2,1-3H3,(H,16,18,20);2-3H2,1H3/t17?,18?,20-,21+,22?,23-,37?,38?;;8?,9?,11-,12+,13?,14+,25?;/m1.0./s1/i;;;3D2. The molecule has 2 aliphatic heterocycles. The summed E-state index contributed by atoms with van der Waals surface area (Å²) < 4.78 is 101. The van der Waals surface area contributed by atoms with Crippen molar-refractivity contribution < 1.29 is 58.5 Å². The molecule has 4 fully saturated rings. The second-order valence-corrected chi connectivity index (χ2v) is 32.6. The van der Waals surface area contributed by atoms with Crippen LogP contribution in [0.25, 0.3) is 0 Å². The lowest BCUT2D eigenvalue weighted by Gasteiger charge is -2.45. The highest BCUT2D eigenvalue weighted by Crippen LogP contribution is 2.66. The highest BCUT2D eigenvalue weighted by Gasteiger charge is 2.62. The highest BCUT2D eigenvalue weighted by molar-refractivity contribution is 14.1. The van der Waals surface area contributed by atoms with E-state index in [1.165, 1.54) is 47.9 Å². The normalized spacial score (nSPS) is 27.3. The molecule has 2 saturated heterocycles. The Balaban J connectivity index is 0.000000351. The van der Waals surface area contributed by atoms with Gasteiger partial charge in [-0.25, -0.2) is 23.6 Å². The number of aromatic amines is 2. The first-order valence-electron chi connectivity index (χ1n) is 31.0. The number of aliphatic hydroxyl groups is 1. The number of aliphatic hydroxyl groups excluding tert-OH is 1. The quantitative estimate of drug-likeness (QED) is 0.0283. The van der Waals surface area contributed by atoms with E-state index in [-0.39, 0.29) is 48.3 Å². The Bertz CT molecular complexity index is 2860. The van der Waals surface area contributed by atoms with Crippen molar-refractivity contribution in [2.75, 3.05) is 58.4 Å². The van der Waals surface area contributed by atoms with Crippen LogP contribution in [-0.4, -0.2) is 181 Å². The summed E-state index contributed by atoms with van der Waals surface area (Å²) in [5, 5.41) is 28.4. The maximum absolute atomic E-state index is 13.2. The fourth-order valence-electron chi connectivity index (χ4n) is 11.1. The molecule has 2 aromatic rings. The van der Waals surface area contributed by atoms with Gasteiger partial charge in [0.05, 0.1) is 63.6 Å². The van der Waals surface area contributed by atoms with Crippen LogP contribution in [0.2, 0.25) is 0 Å². The van der Waals surface area contributed by atoms with Crippen molar-refractivity contribution in [2.24, 2.45) is 11.8 Å². The van der Waals surface area contributed by atoms with Crippen molar-refractivity contribution in [1.82, 2.24) is 33.1 Å². The van der Waals surface area contributed by atoms with Crippen molar-refractivity contribution >= 4 is 54.3 Å². The van der Waals surface area contributed by atoms with Crippen LogP contribution in [0.5, 0.6) is 0 Å². The second kappa shape index (κ2) is 37.5. The smallest absolute Gasteiger partial charge is 0.330 e. The lowest BCUT2D eigenvalue weighted by atomic mass is 10.1. The second-order valence-electron chi connectivity index (χ2n) is 23.2. The first-order valence-corrected chi connectivity index (χ1v) is 37.6. The van der Waals surface area contributed by atoms with Gasteiger partial charge in [-0.3, -0.25) is 37.8 Å². The first kappa shape index (κ1) is 75.6. The lowest BCUT2D eigenvalue weighted by molar-refractivity contribution is -0.0572. The minimum absolute atomic E-state index is 0.0741. The van der Waals surface area contributed by atoms with Crippen molar-refractivity contribution in [1.29, 1.82) is 10.5 Å². The number of hydrogen-bond donors (Lipinski definition) is 3. The van der Waals surface area contributed by atoms with Gasteiger partial charge < -0.3 is 46.7 Å². The molecule has 0 bridgehead atoms. The third-order valence-electron chi connectivity index (χ3n) is 14.6. The van der Waals surface area contributed by atoms with Gasteiger partial charge in [-0.05, 0) is 121 Å². The average Bonchev–Trinajstić information content (AvgIpc) is 1.73. The molecule has 87 heavy (non-hydrogen) atoms. The van der Waals surface area contributed by atoms with Gasteiger partial charge in [-0.2, -0.15) is 10.5 Å². The molecular formula is C57H102IN9O16P4. The molecule has 2 aliphatic carbocycles. The van der Waals surface area contributed by atoms with Gasteiger partial charge in [-0.15, -0.1) is 0 Å². The SMILES string of the molecule is CC(C)N(C(C)C)P(OCCC#N)N(C(C)C)C(C)C.CCOP(C)(=O)C1CC1[C@H]1O[C@@H](n2ccc(=O)[nH]c2=O)C(OC)[C@H]1O.CCOP(C)(=O)C1CC1[C@H]1O[C@@H](n2ccc(=O)[nH]c2=O)C(OC)[C@H]1OP(OCCC#N)N(C(C)C)C(C)C.[2H]C([2H])(I)CC. The van der Waals surface area contributed by atoms with Crippen molar-refractivity contribution in [3.05, 3.63) is 66.2 Å². The van der Waals surface area contributed by atoms with Crippen molar-refractivity contribution in [3.63, 3.8) is 0 Å². The third-order valence-corrected chi connectivity index (χ3v) is 25.7. The summed E-state index contributed by atoms with van der Waals surface area (Å²) in [6, 6.07) is 8.53. The van der Waals surface area contributed by atoms with Gasteiger partial charge in [0.1, 0.15) is 24.4 Å². The van der Waals surface area contributed by atoms with Crippen molar-refractivity contribution in [2.45, 2.75) is 233 Å². The van der Waals surface area contributed by atoms with Gasteiger partial charge in [0.25, 0.3) is 19.6 Å². The number of halogens is 1. The Morgan fingerprint density at radius 2 is 1.06 bits per heavy atom. The number of hydrogen-bond acceptors (Lipinski definition) is 21. The van der Waals surface area contributed by atoms with Crippen LogP contribution in [0.3, 0.4) is 0 Å². The number of nitrogens with one attached hydrogen (secondary N) is 2. The number of H-pyrrole nitrogens is 2. The zero-order valence-corrected chi connectivity index (χ0v) is 60.2. The molecule has 3 N–H and O–H groups in total. The predicted molar refractivity (Wildman–Crippen MR) is 349 cm³/mol. The van der Waals surface area contributed by atoms with Gasteiger partial charge in [0.15, 0.2) is 20.9 Å². The topological polar surface area (TPSA) is 304 Å². The number of nitriles is 2. The summed E-state index contributed by atoms with van der Waals surface area (Å²) in [6.07, 6.45) is -0.983. The summed E-state index contributed by atoms with van der Waals surface area (Å²) in [5.41, 5.74) is -2.70. The van der Waals surface area contributed by atoms with Crippen LogP contribution in [-0.2, 0) is 50.7 Å². The zero-order chi connectivity index (χ0) is 67.6. The number of aromatic nitrogens is 4. The molecule has 15 atom stereocenters. The molecule has 0 spiro atoms. The van der Waals surface area contributed by atoms with Crippen LogP contribution >= 0.6 is 54.3 Å². The van der Waals surface area contributed by atoms with Crippen LogP contribution in [0.4, 0.5) is 0 Å². The monoisotopic (exact) mass is 1420 g/mol. The zero-order valence-electron chi connectivity index (χ0n) is 56.4. The highest BCUT2D eigenvalue weighted by atomic mass is 127. The Hall–Kier alpha value is -2.13. The number of rotatable bonds is 30. The summed E-state index contributed by atoms with van der Waals surface area (Å²) in [5.74, 6) is -0.274. The van der Waals surface area contributed by atoms with Crippen LogP contribution < -0.4 is 22.5 Å². The molecule has 4 aliphatic rings. The molecule has 0 radical (unpaired) electrons. The fraction of sp³-hybridized carbons (Fsp3) is 0.825. The summed E-state index contributed by atoms with van der Waals surface area (Å²) >= 11 is 1.77. The molecule has 498 valence electrons. The summed E-state index contributed by atoms with van der Waals surface area (Å²) in [6.45, 7) is 35.9. The molecule has 0 amide bonds. The Kier molecular flexibility index (Phi) is 32.6. The Morgan fingerprint density at radius 3 is 1.41 bits per heavy atom. The fourth-order valence-corrected chi connectivity index (χ4v) is 19.5. The van der Waals surface area contributed by atoms with E-state index in [9.17, 15) is 33.4 Å². The van der Waals surface area contributed by atoms with Crippen molar-refractivity contribution in [3.8, 4) is 12.1 Å². The van der Waals surface area contributed by atoms with Gasteiger partial charge in [-0.1, -0.05) is 29.5 Å². The molecule has 9 unspecified atom stereocenters. The van der Waals surface area contributed by atoms with E-state index in [1.807, 2.05) is 41.5 Å². The van der Waals surface area contributed by atoms with Gasteiger partial charge >= 0.3 is 11.4 Å². The molecule has 25 nitrogen and oxygen atoms in total. The number of methoxy groups -OCH3 is 2. The first-order chi connectivity index (χ1) is 41.6. The van der Waals surface area contributed by atoms with E-state index < -0.39 is 108 Å². The van der Waals surface area contributed by atoms with Gasteiger partial charge in [0.2, 0.25) is 14.7 Å². The number of nitrogens with zero attached hydrogens (tertiary/aromatic N) is 7. The van der Waals surface area contributed by atoms with E-state index in [2.05, 4.69) is 91.5 Å². The minimum Gasteiger partial charge on any atom is -0.387 e. The third kappa shape index (κ3) is 22.3. The maximum atomic E-state index is 13.2. The van der Waals surface area contributed by atoms with E-state index in [1.54, 1.807) is 42.8 Å². The van der Waals surface area contributed by atoms with E-state index >= 15 is 0 Å². The minimum atomic E-state index is -2.90. The van der Waals surface area contributed by atoms with E-state index in [0.29, 0.717) is 69.7 Å². The van der Waals surface area contributed by atoms with Gasteiger partial charge in [0, 0.05) is 114 Å². The average molecular weight is 1420 g/mol. The summed E-state index contributed by atoms with van der Waals surface area (Å²) in [4.78, 5) is 52.0. The molecular weight excluding hydrogens is 1320 g/mol. The molecule has 30 heteroatoms. The molecule has 2 aromatic heterocycles. The van der Waals surface area contributed by atoms with E-state index in [0.717, 1.165) is 0 Å². The van der Waals surface area contributed by atoms with Crippen LogP contribution in [0, 0.1) is 34.5 Å². The largest absolute Gasteiger partial charge is 0.387 e. The maximum Gasteiger partial charge on any atom is 0.330 e. The van der Waals surface area contributed by atoms with E-state index in [4.69, 9.17) is 54.8 Å². The molecule has 6 rings (SSSR count). The molecule has 2 saturated carbocycles. The molecule has 4 heterocycles. The van der Waals surface area contributed by atoms with Crippen LogP contribution in [0.1, 0.15) is 151 Å². The predicted octanol–water partition coefficient (Wildman–Crippen LogP) is 9.80. The lowest BCUT2D eigenvalue weighted by Crippen LogP contribution is -2.43.